The summed E-state index contributed by atoms with van der Waals surface area (Å²) in [4.78, 5) is 36.1. The molecule has 0 aromatic carbocycles. The number of hydrogen-bond acceptors (Lipinski definition) is 7. The van der Waals surface area contributed by atoms with Crippen LogP contribution >= 0.6 is 11.3 Å². The van der Waals surface area contributed by atoms with E-state index in [0.29, 0.717) is 47.3 Å². The van der Waals surface area contributed by atoms with Crippen molar-refractivity contribution in [2.24, 2.45) is 5.92 Å². The van der Waals surface area contributed by atoms with E-state index in [1.807, 2.05) is 17.1 Å². The number of rotatable bonds is 4. The molecule has 0 saturated carbocycles. The average molecular weight is 430 g/mol. The van der Waals surface area contributed by atoms with Gasteiger partial charge in [0.25, 0.3) is 0 Å². The monoisotopic (exact) mass is 430 g/mol. The molecule has 1 saturated heterocycles. The molecule has 0 aliphatic carbocycles. The summed E-state index contributed by atoms with van der Waals surface area (Å²) in [5.41, 5.74) is 0.733. The summed E-state index contributed by atoms with van der Waals surface area (Å²) in [7, 11) is 1.32. The van der Waals surface area contributed by atoms with Gasteiger partial charge >= 0.3 is 12.1 Å². The fourth-order valence-electron chi connectivity index (χ4n) is 3.42. The zero-order valence-corrected chi connectivity index (χ0v) is 17.0. The fraction of sp³-hybridized carbons (Fsp3) is 0.556. The van der Waals surface area contributed by atoms with Gasteiger partial charge in [-0.25, -0.2) is 14.8 Å². The largest absolute Gasteiger partial charge is 0.465 e. The predicted molar refractivity (Wildman–Crippen MR) is 102 cm³/mol. The van der Waals surface area contributed by atoms with Gasteiger partial charge in [-0.05, 0) is 32.3 Å². The van der Waals surface area contributed by atoms with Crippen molar-refractivity contribution in [1.82, 2.24) is 15.3 Å². The molecule has 1 aliphatic heterocycles. The summed E-state index contributed by atoms with van der Waals surface area (Å²) >= 11 is 1.24. The molecule has 0 radical (unpaired) electrons. The minimum absolute atomic E-state index is 0.418. The third-order valence-electron chi connectivity index (χ3n) is 4.88. The van der Waals surface area contributed by atoms with Crippen LogP contribution in [0.15, 0.2) is 0 Å². The van der Waals surface area contributed by atoms with Gasteiger partial charge in [0.15, 0.2) is 0 Å². The van der Waals surface area contributed by atoms with Crippen molar-refractivity contribution in [3.8, 4) is 0 Å². The van der Waals surface area contributed by atoms with Crippen LogP contribution in [0.4, 0.5) is 19.0 Å². The number of piperidine rings is 1. The van der Waals surface area contributed by atoms with Gasteiger partial charge in [0.1, 0.15) is 27.9 Å². The van der Waals surface area contributed by atoms with Gasteiger partial charge in [-0.1, -0.05) is 0 Å². The van der Waals surface area contributed by atoms with Crippen molar-refractivity contribution >= 4 is 39.2 Å². The molecule has 7 nitrogen and oxygen atoms in total. The SMILES string of the molecule is COC(=O)c1sc2nc(C)nc(N3CCC(C(=O)NCC(F)(F)F)CC3)c2c1C. The smallest absolute Gasteiger partial charge is 0.405 e. The van der Waals surface area contributed by atoms with E-state index in [0.717, 1.165) is 10.9 Å². The van der Waals surface area contributed by atoms with Crippen molar-refractivity contribution < 1.29 is 27.5 Å². The maximum absolute atomic E-state index is 12.3. The minimum atomic E-state index is -4.42. The maximum Gasteiger partial charge on any atom is 0.405 e. The standard InChI is InChI=1S/C18H21F3N4O3S/c1-9-12-14(23-10(2)24-16(12)29-13(9)17(27)28-3)25-6-4-11(5-7-25)15(26)22-8-18(19,20)21/h11H,4-8H2,1-3H3,(H,22,26). The number of anilines is 1. The highest BCUT2D eigenvalue weighted by molar-refractivity contribution is 7.20. The van der Waals surface area contributed by atoms with Crippen molar-refractivity contribution in [2.45, 2.75) is 32.9 Å². The van der Waals surface area contributed by atoms with Crippen molar-refractivity contribution in [2.75, 3.05) is 31.6 Å². The number of ether oxygens (including phenoxy) is 1. The third-order valence-corrected chi connectivity index (χ3v) is 6.05. The Morgan fingerprint density at radius 3 is 2.48 bits per heavy atom. The number of carbonyl (C=O) groups is 2. The average Bonchev–Trinajstić information content (AvgIpc) is 3.00. The third kappa shape index (κ3) is 4.60. The summed E-state index contributed by atoms with van der Waals surface area (Å²) < 4.78 is 41.8. The quantitative estimate of drug-likeness (QED) is 0.751. The Kier molecular flexibility index (Phi) is 5.97. The van der Waals surface area contributed by atoms with Crippen molar-refractivity contribution in [3.05, 3.63) is 16.3 Å². The lowest BCUT2D eigenvalue weighted by molar-refractivity contribution is -0.141. The van der Waals surface area contributed by atoms with Crippen LogP contribution in [0.5, 0.6) is 0 Å². The number of aryl methyl sites for hydroxylation is 2. The number of carbonyl (C=O) groups excluding carboxylic acids is 2. The van der Waals surface area contributed by atoms with E-state index < -0.39 is 30.5 Å². The number of fused-ring (bicyclic) bond motifs is 1. The number of halogens is 3. The Morgan fingerprint density at radius 1 is 1.24 bits per heavy atom. The van der Waals surface area contributed by atoms with Crippen LogP contribution in [0.3, 0.4) is 0 Å². The molecule has 0 spiro atoms. The van der Waals surface area contributed by atoms with Crippen molar-refractivity contribution in [1.29, 1.82) is 0 Å². The second kappa shape index (κ2) is 8.13. The van der Waals surface area contributed by atoms with E-state index in [-0.39, 0.29) is 0 Å². The van der Waals surface area contributed by atoms with Gasteiger partial charge in [-0.2, -0.15) is 13.2 Å². The first kappa shape index (κ1) is 21.3. The molecule has 158 valence electrons. The molecule has 1 aliphatic rings. The Bertz CT molecular complexity index is 937. The van der Waals surface area contributed by atoms with E-state index in [4.69, 9.17) is 4.74 Å². The second-order valence-corrected chi connectivity index (χ2v) is 7.92. The number of esters is 1. The number of hydrogen-bond donors (Lipinski definition) is 1. The minimum Gasteiger partial charge on any atom is -0.465 e. The highest BCUT2D eigenvalue weighted by Gasteiger charge is 2.32. The van der Waals surface area contributed by atoms with Crippen LogP contribution in [-0.2, 0) is 9.53 Å². The first-order valence-corrected chi connectivity index (χ1v) is 9.88. The van der Waals surface area contributed by atoms with E-state index >= 15 is 0 Å². The summed E-state index contributed by atoms with van der Waals surface area (Å²) in [5.74, 6) is -0.262. The van der Waals surface area contributed by atoms with E-state index in [1.54, 1.807) is 6.92 Å². The van der Waals surface area contributed by atoms with Crippen LogP contribution in [0.25, 0.3) is 10.2 Å². The molecule has 2 aromatic heterocycles. The number of amides is 1. The van der Waals surface area contributed by atoms with Crippen LogP contribution < -0.4 is 10.2 Å². The lowest BCUT2D eigenvalue weighted by Crippen LogP contribution is -2.43. The molecule has 1 fully saturated rings. The van der Waals surface area contributed by atoms with Gasteiger partial charge in [-0.3, -0.25) is 4.79 Å². The normalized spacial score (nSPS) is 15.6. The summed E-state index contributed by atoms with van der Waals surface area (Å²) in [6, 6.07) is 0. The maximum atomic E-state index is 12.3. The molecule has 0 unspecified atom stereocenters. The van der Waals surface area contributed by atoms with Crippen LogP contribution in [0.1, 0.15) is 33.9 Å². The topological polar surface area (TPSA) is 84.4 Å². The summed E-state index contributed by atoms with van der Waals surface area (Å²) in [6.45, 7) is 3.19. The molecule has 29 heavy (non-hydrogen) atoms. The van der Waals surface area contributed by atoms with E-state index in [2.05, 4.69) is 9.97 Å². The summed E-state index contributed by atoms with van der Waals surface area (Å²) in [6.07, 6.45) is -3.59. The number of aromatic nitrogens is 2. The van der Waals surface area contributed by atoms with E-state index in [9.17, 15) is 22.8 Å². The van der Waals surface area contributed by atoms with Gasteiger partial charge < -0.3 is 15.0 Å². The lowest BCUT2D eigenvalue weighted by Gasteiger charge is -2.32. The van der Waals surface area contributed by atoms with Gasteiger partial charge in [0, 0.05) is 19.0 Å². The first-order valence-electron chi connectivity index (χ1n) is 9.06. The van der Waals surface area contributed by atoms with Crippen molar-refractivity contribution in [3.63, 3.8) is 0 Å². The molecular weight excluding hydrogens is 409 g/mol. The lowest BCUT2D eigenvalue weighted by atomic mass is 9.95. The molecule has 0 bridgehead atoms. The molecule has 3 heterocycles. The zero-order valence-electron chi connectivity index (χ0n) is 16.2. The zero-order chi connectivity index (χ0) is 21.3. The van der Waals surface area contributed by atoms with Gasteiger partial charge in [0.2, 0.25) is 5.91 Å². The molecule has 11 heteroatoms. The molecule has 0 atom stereocenters. The Balaban J connectivity index is 1.79. The van der Waals surface area contributed by atoms with Crippen LogP contribution in [-0.4, -0.2) is 54.8 Å². The Hall–Kier alpha value is -2.43. The molecule has 3 rings (SSSR count). The number of nitrogens with one attached hydrogen (secondary N) is 1. The van der Waals surface area contributed by atoms with Gasteiger partial charge in [0.05, 0.1) is 12.5 Å². The second-order valence-electron chi connectivity index (χ2n) is 6.92. The molecule has 2 aromatic rings. The predicted octanol–water partition coefficient (Wildman–Crippen LogP) is 2.99. The highest BCUT2D eigenvalue weighted by Crippen LogP contribution is 2.37. The molecular formula is C18H21F3N4O3S. The Morgan fingerprint density at radius 2 is 1.90 bits per heavy atom. The number of alkyl halides is 3. The first-order chi connectivity index (χ1) is 13.6. The Labute approximate surface area is 169 Å². The van der Waals surface area contributed by atoms with Crippen LogP contribution in [0, 0.1) is 19.8 Å². The number of methoxy groups -OCH3 is 1. The number of thiophene rings is 1. The van der Waals surface area contributed by atoms with Crippen LogP contribution in [0.2, 0.25) is 0 Å². The molecule has 1 amide bonds. The highest BCUT2D eigenvalue weighted by atomic mass is 32.1. The van der Waals surface area contributed by atoms with E-state index in [1.165, 1.54) is 18.4 Å². The fourth-order valence-corrected chi connectivity index (χ4v) is 4.56. The molecule has 1 N–H and O–H groups in total. The summed E-state index contributed by atoms with van der Waals surface area (Å²) in [5, 5.41) is 2.72. The van der Waals surface area contributed by atoms with Gasteiger partial charge in [-0.15, -0.1) is 11.3 Å². The number of nitrogens with zero attached hydrogens (tertiary/aromatic N) is 3.